The van der Waals surface area contributed by atoms with Gasteiger partial charge in [0, 0.05) is 29.8 Å². The van der Waals surface area contributed by atoms with Gasteiger partial charge in [-0.25, -0.2) is 0 Å². The molecule has 1 aliphatic rings. The van der Waals surface area contributed by atoms with Crippen LogP contribution >= 0.6 is 0 Å². The summed E-state index contributed by atoms with van der Waals surface area (Å²) in [5, 5.41) is 16.1. The maximum Gasteiger partial charge on any atom is 0.185 e. The first-order valence-electron chi connectivity index (χ1n) is 9.18. The van der Waals surface area contributed by atoms with Crippen molar-refractivity contribution in [3.8, 4) is 0 Å². The molecule has 5 heteroatoms. The van der Waals surface area contributed by atoms with Crippen LogP contribution in [0.25, 0.3) is 16.4 Å². The van der Waals surface area contributed by atoms with Gasteiger partial charge in [0.2, 0.25) is 0 Å². The normalized spacial score (nSPS) is 14.3. The van der Waals surface area contributed by atoms with Gasteiger partial charge in [-0.3, -0.25) is 0 Å². The molecule has 0 amide bonds. The van der Waals surface area contributed by atoms with E-state index in [-0.39, 0.29) is 5.92 Å². The molecule has 3 heterocycles. The van der Waals surface area contributed by atoms with Crippen LogP contribution in [0.2, 0.25) is 0 Å². The van der Waals surface area contributed by atoms with Gasteiger partial charge in [-0.1, -0.05) is 62.4 Å². The van der Waals surface area contributed by atoms with Crippen LogP contribution in [-0.2, 0) is 13.0 Å². The highest BCUT2D eigenvalue weighted by Crippen LogP contribution is 2.31. The second-order valence-electron chi connectivity index (χ2n) is 7.26. The van der Waals surface area contributed by atoms with Gasteiger partial charge < -0.3 is 4.90 Å². The average Bonchev–Trinajstić information content (AvgIpc) is 3.11. The van der Waals surface area contributed by atoms with E-state index in [1.54, 1.807) is 0 Å². The molecule has 0 spiro atoms. The summed E-state index contributed by atoms with van der Waals surface area (Å²) < 4.78 is 1.93. The second-order valence-corrected chi connectivity index (χ2v) is 7.26. The lowest BCUT2D eigenvalue weighted by Crippen LogP contribution is -2.31. The molecule has 130 valence electrons. The van der Waals surface area contributed by atoms with E-state index in [0.29, 0.717) is 0 Å². The molecule has 0 bridgehead atoms. The second kappa shape index (κ2) is 5.80. The third-order valence-corrected chi connectivity index (χ3v) is 5.21. The van der Waals surface area contributed by atoms with Crippen LogP contribution in [0.5, 0.6) is 0 Å². The van der Waals surface area contributed by atoms with E-state index in [9.17, 15) is 0 Å². The maximum absolute atomic E-state index is 5.00. The molecule has 26 heavy (non-hydrogen) atoms. The van der Waals surface area contributed by atoms with Crippen molar-refractivity contribution >= 4 is 22.2 Å². The van der Waals surface area contributed by atoms with Gasteiger partial charge in [0.15, 0.2) is 17.3 Å². The van der Waals surface area contributed by atoms with Crippen LogP contribution in [0.4, 0.5) is 5.82 Å². The van der Waals surface area contributed by atoms with Gasteiger partial charge in [-0.15, -0.1) is 15.3 Å². The summed E-state index contributed by atoms with van der Waals surface area (Å²) in [5.41, 5.74) is 3.67. The fourth-order valence-corrected chi connectivity index (χ4v) is 3.85. The molecule has 4 aromatic rings. The number of rotatable bonds is 2. The fraction of sp³-hybridized carbons (Fsp3) is 0.286. The molecule has 0 saturated heterocycles. The lowest BCUT2D eigenvalue weighted by atomic mass is 9.99. The molecule has 0 saturated carbocycles. The minimum absolute atomic E-state index is 0.272. The van der Waals surface area contributed by atoms with Gasteiger partial charge in [0.1, 0.15) is 0 Å². The molecule has 0 radical (unpaired) electrons. The maximum atomic E-state index is 5.00. The molecule has 0 N–H and O–H groups in total. The molecule has 0 atom stereocenters. The number of hydrogen-bond donors (Lipinski definition) is 0. The minimum atomic E-state index is 0.272. The fourth-order valence-electron chi connectivity index (χ4n) is 3.85. The summed E-state index contributed by atoms with van der Waals surface area (Å²) >= 11 is 0. The quantitative estimate of drug-likeness (QED) is 0.553. The van der Waals surface area contributed by atoms with Gasteiger partial charge in [-0.05, 0) is 17.5 Å². The van der Waals surface area contributed by atoms with E-state index in [0.717, 1.165) is 47.6 Å². The topological polar surface area (TPSA) is 46.3 Å². The van der Waals surface area contributed by atoms with Crippen LogP contribution in [0.3, 0.4) is 0 Å². The van der Waals surface area contributed by atoms with Gasteiger partial charge >= 0.3 is 0 Å². The summed E-state index contributed by atoms with van der Waals surface area (Å²) in [5.74, 6) is 2.20. The summed E-state index contributed by atoms with van der Waals surface area (Å²) in [6, 6.07) is 17.1. The Labute approximate surface area is 152 Å². The molecule has 0 aliphatic carbocycles. The third kappa shape index (κ3) is 2.27. The Morgan fingerprint density at radius 2 is 1.62 bits per heavy atom. The van der Waals surface area contributed by atoms with Crippen molar-refractivity contribution in [3.63, 3.8) is 0 Å². The Morgan fingerprint density at radius 3 is 2.42 bits per heavy atom. The van der Waals surface area contributed by atoms with Crippen LogP contribution in [0, 0.1) is 0 Å². The number of benzene rings is 2. The first-order valence-corrected chi connectivity index (χ1v) is 9.18. The molecule has 5 nitrogen and oxygen atoms in total. The van der Waals surface area contributed by atoms with E-state index in [4.69, 9.17) is 5.10 Å². The van der Waals surface area contributed by atoms with E-state index in [1.165, 1.54) is 11.1 Å². The van der Waals surface area contributed by atoms with E-state index < -0.39 is 0 Å². The summed E-state index contributed by atoms with van der Waals surface area (Å²) in [7, 11) is 0. The average molecular weight is 343 g/mol. The third-order valence-electron chi connectivity index (χ3n) is 5.21. The molecule has 1 aliphatic heterocycles. The predicted molar refractivity (Wildman–Crippen MR) is 104 cm³/mol. The minimum Gasteiger partial charge on any atom is -0.350 e. The van der Waals surface area contributed by atoms with Crippen molar-refractivity contribution in [2.45, 2.75) is 32.7 Å². The van der Waals surface area contributed by atoms with Crippen molar-refractivity contribution in [2.75, 3.05) is 11.4 Å². The SMILES string of the molecule is CC(C)c1nnc2c3ccccc3c(N3CCc4ccccc4C3)nn12. The highest BCUT2D eigenvalue weighted by Gasteiger charge is 2.22. The van der Waals surface area contributed by atoms with E-state index in [2.05, 4.69) is 77.5 Å². The molecule has 5 rings (SSSR count). The first kappa shape index (κ1) is 15.3. The first-order chi connectivity index (χ1) is 12.7. The number of hydrogen-bond acceptors (Lipinski definition) is 4. The highest BCUT2D eigenvalue weighted by molar-refractivity contribution is 6.00. The smallest absolute Gasteiger partial charge is 0.185 e. The molecule has 0 fully saturated rings. The molecule has 2 aromatic heterocycles. The zero-order valence-corrected chi connectivity index (χ0v) is 15.1. The Hall–Kier alpha value is -2.95. The van der Waals surface area contributed by atoms with Gasteiger partial charge in [0.25, 0.3) is 0 Å². The molecular weight excluding hydrogens is 322 g/mol. The highest BCUT2D eigenvalue weighted by atomic mass is 15.4. The number of aromatic nitrogens is 4. The Morgan fingerprint density at radius 1 is 0.885 bits per heavy atom. The monoisotopic (exact) mass is 343 g/mol. The molecular formula is C21H21N5. The number of nitrogens with zero attached hydrogens (tertiary/aromatic N) is 5. The number of anilines is 1. The van der Waals surface area contributed by atoms with Crippen molar-refractivity contribution < 1.29 is 0 Å². The standard InChI is InChI=1S/C21H21N5/c1-14(2)19-22-23-20-17-9-5-6-10-18(17)21(24-26(19)20)25-12-11-15-7-3-4-8-16(15)13-25/h3-10,14H,11-13H2,1-2H3. The summed E-state index contributed by atoms with van der Waals surface area (Å²) in [6.07, 6.45) is 1.05. The summed E-state index contributed by atoms with van der Waals surface area (Å²) in [6.45, 7) is 6.12. The van der Waals surface area contributed by atoms with E-state index >= 15 is 0 Å². The largest absolute Gasteiger partial charge is 0.350 e. The lowest BCUT2D eigenvalue weighted by Gasteiger charge is -2.30. The van der Waals surface area contributed by atoms with Crippen LogP contribution in [-0.4, -0.2) is 26.4 Å². The van der Waals surface area contributed by atoms with Crippen LogP contribution in [0.1, 0.15) is 36.7 Å². The Balaban J connectivity index is 1.72. The molecule has 0 unspecified atom stereocenters. The van der Waals surface area contributed by atoms with Gasteiger partial charge in [0.05, 0.1) is 0 Å². The zero-order chi connectivity index (χ0) is 17.7. The van der Waals surface area contributed by atoms with Crippen molar-refractivity contribution in [2.24, 2.45) is 0 Å². The Bertz CT molecular complexity index is 1110. The van der Waals surface area contributed by atoms with E-state index in [1.807, 2.05) is 4.52 Å². The predicted octanol–water partition coefficient (Wildman–Crippen LogP) is 3.96. The Kier molecular flexibility index (Phi) is 3.42. The van der Waals surface area contributed by atoms with Crippen LogP contribution in [0.15, 0.2) is 48.5 Å². The number of fused-ring (bicyclic) bond motifs is 4. The lowest BCUT2D eigenvalue weighted by molar-refractivity contribution is 0.688. The van der Waals surface area contributed by atoms with Crippen molar-refractivity contribution in [1.29, 1.82) is 0 Å². The molecule has 2 aromatic carbocycles. The van der Waals surface area contributed by atoms with Crippen LogP contribution < -0.4 is 4.90 Å². The van der Waals surface area contributed by atoms with Crippen molar-refractivity contribution in [3.05, 3.63) is 65.5 Å². The van der Waals surface area contributed by atoms with Gasteiger partial charge in [-0.2, -0.15) is 4.52 Å². The van der Waals surface area contributed by atoms with Crippen molar-refractivity contribution in [1.82, 2.24) is 19.8 Å². The zero-order valence-electron chi connectivity index (χ0n) is 15.1. The summed E-state index contributed by atoms with van der Waals surface area (Å²) in [4.78, 5) is 2.38.